The van der Waals surface area contributed by atoms with Crippen molar-refractivity contribution in [3.05, 3.63) is 0 Å². The average Bonchev–Trinajstić information content (AvgIpc) is 3.35. The number of rotatable bonds is 7. The zero-order chi connectivity index (χ0) is 19.3. The van der Waals surface area contributed by atoms with Gasteiger partial charge in [0.2, 0.25) is 5.91 Å². The van der Waals surface area contributed by atoms with Gasteiger partial charge in [-0.2, -0.15) is 0 Å². The van der Waals surface area contributed by atoms with E-state index in [0.717, 1.165) is 45.2 Å². The van der Waals surface area contributed by atoms with Gasteiger partial charge in [-0.25, -0.2) is 4.99 Å². The molecule has 0 radical (unpaired) electrons. The third-order valence-electron chi connectivity index (χ3n) is 6.45. The van der Waals surface area contributed by atoms with E-state index in [0.29, 0.717) is 18.1 Å². The molecule has 3 unspecified atom stereocenters. The van der Waals surface area contributed by atoms with E-state index in [-0.39, 0.29) is 17.9 Å². The number of hydrogen-bond donors (Lipinski definition) is 2. The van der Waals surface area contributed by atoms with E-state index in [4.69, 9.17) is 9.47 Å². The van der Waals surface area contributed by atoms with Crippen LogP contribution in [0.1, 0.15) is 45.4 Å². The van der Waals surface area contributed by atoms with Crippen LogP contribution in [0.15, 0.2) is 4.99 Å². The Morgan fingerprint density at radius 3 is 2.74 bits per heavy atom. The summed E-state index contributed by atoms with van der Waals surface area (Å²) in [5.74, 6) is 1.28. The van der Waals surface area contributed by atoms with Crippen LogP contribution >= 0.6 is 0 Å². The second-order valence-corrected chi connectivity index (χ2v) is 8.38. The summed E-state index contributed by atoms with van der Waals surface area (Å²) in [4.78, 5) is 18.1. The van der Waals surface area contributed by atoms with E-state index < -0.39 is 0 Å². The van der Waals surface area contributed by atoms with Gasteiger partial charge in [0.25, 0.3) is 0 Å². The molecular weight excluding hydrogens is 344 g/mol. The van der Waals surface area contributed by atoms with Crippen LogP contribution < -0.4 is 10.6 Å². The molecule has 2 saturated carbocycles. The van der Waals surface area contributed by atoms with Gasteiger partial charge >= 0.3 is 0 Å². The number of nitrogens with zero attached hydrogens (tertiary/aromatic N) is 2. The third-order valence-corrected chi connectivity index (χ3v) is 6.45. The summed E-state index contributed by atoms with van der Waals surface area (Å²) in [7, 11) is 3.53. The Morgan fingerprint density at radius 1 is 1.33 bits per heavy atom. The lowest BCUT2D eigenvalue weighted by Gasteiger charge is -2.54. The van der Waals surface area contributed by atoms with Crippen molar-refractivity contribution in [3.8, 4) is 0 Å². The highest BCUT2D eigenvalue weighted by atomic mass is 16.5. The number of amides is 1. The van der Waals surface area contributed by atoms with Crippen molar-refractivity contribution in [2.24, 2.45) is 16.3 Å². The SMILES string of the molecule is CCOC1CC(NC(=NCC(=O)N(C)C)NCC2CCOC2)C12CCCC2. The fourth-order valence-corrected chi connectivity index (χ4v) is 4.68. The molecule has 3 aliphatic rings. The first-order chi connectivity index (χ1) is 13.0. The number of hydrogen-bond acceptors (Lipinski definition) is 4. The fourth-order valence-electron chi connectivity index (χ4n) is 4.68. The minimum atomic E-state index is 0.0108. The van der Waals surface area contributed by atoms with Crippen molar-refractivity contribution in [1.29, 1.82) is 0 Å². The zero-order valence-corrected chi connectivity index (χ0v) is 17.1. The van der Waals surface area contributed by atoms with Gasteiger partial charge in [0.15, 0.2) is 5.96 Å². The van der Waals surface area contributed by atoms with Crippen molar-refractivity contribution < 1.29 is 14.3 Å². The van der Waals surface area contributed by atoms with Crippen LogP contribution in [-0.4, -0.2) is 75.9 Å². The largest absolute Gasteiger partial charge is 0.381 e. The summed E-state index contributed by atoms with van der Waals surface area (Å²) < 4.78 is 11.5. The first kappa shape index (κ1) is 20.4. The summed E-state index contributed by atoms with van der Waals surface area (Å²) in [6.07, 6.45) is 7.45. The van der Waals surface area contributed by atoms with E-state index >= 15 is 0 Å². The number of guanidine groups is 1. The Hall–Kier alpha value is -1.34. The monoisotopic (exact) mass is 380 g/mol. The number of aliphatic imine (C=N–C) groups is 1. The van der Waals surface area contributed by atoms with Crippen LogP contribution in [0, 0.1) is 11.3 Å². The normalized spacial score (nSPS) is 29.6. The van der Waals surface area contributed by atoms with Gasteiger partial charge in [0.1, 0.15) is 6.54 Å². The molecule has 1 aliphatic heterocycles. The first-order valence-corrected chi connectivity index (χ1v) is 10.5. The van der Waals surface area contributed by atoms with Crippen LogP contribution in [0.3, 0.4) is 0 Å². The molecule has 1 spiro atoms. The van der Waals surface area contributed by atoms with Crippen LogP contribution in [-0.2, 0) is 14.3 Å². The predicted molar refractivity (Wildman–Crippen MR) is 106 cm³/mol. The zero-order valence-electron chi connectivity index (χ0n) is 17.1. The maximum Gasteiger partial charge on any atom is 0.243 e. The number of likely N-dealkylation sites (N-methyl/N-ethyl adjacent to an activating group) is 1. The van der Waals surface area contributed by atoms with Crippen LogP contribution in [0.2, 0.25) is 0 Å². The number of carbonyl (C=O) groups excluding carboxylic acids is 1. The Labute approximate surface area is 163 Å². The smallest absolute Gasteiger partial charge is 0.243 e. The van der Waals surface area contributed by atoms with E-state index in [2.05, 4.69) is 22.5 Å². The maximum absolute atomic E-state index is 12.0. The number of carbonyl (C=O) groups is 1. The van der Waals surface area contributed by atoms with Crippen molar-refractivity contribution in [2.45, 2.75) is 57.6 Å². The fraction of sp³-hybridized carbons (Fsp3) is 0.900. The Kier molecular flexibility index (Phi) is 6.98. The molecule has 1 heterocycles. The highest BCUT2D eigenvalue weighted by Gasteiger charge is 2.57. The van der Waals surface area contributed by atoms with E-state index in [9.17, 15) is 4.79 Å². The topological polar surface area (TPSA) is 75.2 Å². The van der Waals surface area contributed by atoms with E-state index in [1.807, 2.05) is 0 Å². The Morgan fingerprint density at radius 2 is 2.11 bits per heavy atom. The summed E-state index contributed by atoms with van der Waals surface area (Å²) in [5.41, 5.74) is 0.237. The molecule has 27 heavy (non-hydrogen) atoms. The molecule has 0 aromatic rings. The molecule has 3 atom stereocenters. The molecule has 0 bridgehead atoms. The molecule has 2 aliphatic carbocycles. The lowest BCUT2D eigenvalue weighted by molar-refractivity contribution is -0.127. The van der Waals surface area contributed by atoms with Gasteiger partial charge in [0.05, 0.1) is 12.7 Å². The summed E-state index contributed by atoms with van der Waals surface area (Å²) >= 11 is 0. The average molecular weight is 381 g/mol. The van der Waals surface area contributed by atoms with Crippen molar-refractivity contribution in [1.82, 2.24) is 15.5 Å². The highest BCUT2D eigenvalue weighted by Crippen LogP contribution is 2.54. The molecule has 3 rings (SSSR count). The second kappa shape index (κ2) is 9.24. The molecular formula is C20H36N4O3. The molecule has 154 valence electrons. The lowest BCUT2D eigenvalue weighted by Crippen LogP contribution is -2.65. The van der Waals surface area contributed by atoms with Gasteiger partial charge in [-0.1, -0.05) is 12.8 Å². The minimum Gasteiger partial charge on any atom is -0.381 e. The quantitative estimate of drug-likeness (QED) is 0.516. The van der Waals surface area contributed by atoms with E-state index in [1.54, 1.807) is 19.0 Å². The summed E-state index contributed by atoms with van der Waals surface area (Å²) in [6.45, 7) is 5.49. The van der Waals surface area contributed by atoms with Crippen LogP contribution in [0.4, 0.5) is 0 Å². The Balaban J connectivity index is 1.62. The molecule has 1 amide bonds. The number of nitrogens with one attached hydrogen (secondary N) is 2. The number of ether oxygens (including phenoxy) is 2. The lowest BCUT2D eigenvalue weighted by atomic mass is 9.60. The van der Waals surface area contributed by atoms with Gasteiger partial charge < -0.3 is 25.0 Å². The van der Waals surface area contributed by atoms with Crippen molar-refractivity contribution >= 4 is 11.9 Å². The third kappa shape index (κ3) is 4.74. The summed E-state index contributed by atoms with van der Waals surface area (Å²) in [6, 6.07) is 0.372. The molecule has 7 heteroatoms. The molecule has 2 N–H and O–H groups in total. The Bertz CT molecular complexity index is 525. The van der Waals surface area contributed by atoms with Crippen LogP contribution in [0.25, 0.3) is 0 Å². The highest BCUT2D eigenvalue weighted by molar-refractivity contribution is 5.85. The second-order valence-electron chi connectivity index (χ2n) is 8.38. The summed E-state index contributed by atoms with van der Waals surface area (Å²) in [5, 5.41) is 7.10. The molecule has 1 saturated heterocycles. The van der Waals surface area contributed by atoms with Crippen molar-refractivity contribution in [2.75, 3.05) is 47.0 Å². The van der Waals surface area contributed by atoms with E-state index in [1.165, 1.54) is 25.7 Å². The predicted octanol–water partition coefficient (Wildman–Crippen LogP) is 1.38. The van der Waals surface area contributed by atoms with Gasteiger partial charge in [0, 0.05) is 51.2 Å². The van der Waals surface area contributed by atoms with Gasteiger partial charge in [-0.3, -0.25) is 4.79 Å². The molecule has 7 nitrogen and oxygen atoms in total. The van der Waals surface area contributed by atoms with Gasteiger partial charge in [-0.05, 0) is 32.6 Å². The van der Waals surface area contributed by atoms with Gasteiger partial charge in [-0.15, -0.1) is 0 Å². The standard InChI is InChI=1S/C20H36N4O3/c1-4-27-17-11-16(20(17)8-5-6-9-20)23-19(22-13-18(25)24(2)3)21-12-15-7-10-26-14-15/h15-17H,4-14H2,1-3H3,(H2,21,22,23). The van der Waals surface area contributed by atoms with Crippen molar-refractivity contribution in [3.63, 3.8) is 0 Å². The van der Waals surface area contributed by atoms with Crippen LogP contribution in [0.5, 0.6) is 0 Å². The maximum atomic E-state index is 12.0. The molecule has 0 aromatic heterocycles. The minimum absolute atomic E-state index is 0.0108. The first-order valence-electron chi connectivity index (χ1n) is 10.5. The molecule has 0 aromatic carbocycles. The molecule has 3 fully saturated rings.